The SMILES string of the molecule is Cc1cccc(OCCCN2CCNCC2CC(C)C)c1. The van der Waals surface area contributed by atoms with E-state index in [1.807, 2.05) is 6.07 Å². The minimum Gasteiger partial charge on any atom is -0.494 e. The molecule has 1 atom stereocenters. The van der Waals surface area contributed by atoms with Crippen molar-refractivity contribution in [2.75, 3.05) is 32.8 Å². The molecule has 1 aromatic rings. The molecule has 0 saturated carbocycles. The van der Waals surface area contributed by atoms with Gasteiger partial charge in [-0.15, -0.1) is 0 Å². The molecule has 1 fully saturated rings. The Kier molecular flexibility index (Phi) is 6.52. The van der Waals surface area contributed by atoms with Gasteiger partial charge in [-0.2, -0.15) is 0 Å². The van der Waals surface area contributed by atoms with E-state index in [1.165, 1.54) is 18.5 Å². The maximum absolute atomic E-state index is 5.85. The van der Waals surface area contributed by atoms with Gasteiger partial charge >= 0.3 is 0 Å². The first kappa shape index (κ1) is 16.3. The van der Waals surface area contributed by atoms with Gasteiger partial charge in [0.15, 0.2) is 0 Å². The van der Waals surface area contributed by atoms with E-state index in [0.29, 0.717) is 6.04 Å². The Morgan fingerprint density at radius 1 is 1.38 bits per heavy atom. The maximum Gasteiger partial charge on any atom is 0.119 e. The van der Waals surface area contributed by atoms with E-state index in [2.05, 4.69) is 49.2 Å². The maximum atomic E-state index is 5.85. The highest BCUT2D eigenvalue weighted by atomic mass is 16.5. The van der Waals surface area contributed by atoms with E-state index in [9.17, 15) is 0 Å². The van der Waals surface area contributed by atoms with E-state index in [4.69, 9.17) is 4.74 Å². The minimum atomic E-state index is 0.692. The highest BCUT2D eigenvalue weighted by molar-refractivity contribution is 5.27. The number of nitrogens with one attached hydrogen (secondary N) is 1. The third kappa shape index (κ3) is 5.68. The number of hydrogen-bond donors (Lipinski definition) is 1. The van der Waals surface area contributed by atoms with Gasteiger partial charge in [-0.3, -0.25) is 4.90 Å². The number of benzene rings is 1. The molecule has 0 spiro atoms. The molecule has 3 nitrogen and oxygen atoms in total. The molecule has 0 aromatic heterocycles. The molecule has 2 rings (SSSR count). The molecule has 1 unspecified atom stereocenters. The van der Waals surface area contributed by atoms with Crippen molar-refractivity contribution in [3.05, 3.63) is 29.8 Å². The van der Waals surface area contributed by atoms with E-state index >= 15 is 0 Å². The van der Waals surface area contributed by atoms with Crippen molar-refractivity contribution in [1.82, 2.24) is 10.2 Å². The van der Waals surface area contributed by atoms with Crippen molar-refractivity contribution in [2.45, 2.75) is 39.7 Å². The standard InChI is InChI=1S/C18H30N2O/c1-15(2)12-17-14-19-8-10-20(17)9-5-11-21-18-7-4-6-16(3)13-18/h4,6-7,13,15,17,19H,5,8-12,14H2,1-3H3. The summed E-state index contributed by atoms with van der Waals surface area (Å²) in [5.41, 5.74) is 1.26. The van der Waals surface area contributed by atoms with Crippen LogP contribution in [0.2, 0.25) is 0 Å². The van der Waals surface area contributed by atoms with Crippen LogP contribution in [0.25, 0.3) is 0 Å². The van der Waals surface area contributed by atoms with Gasteiger partial charge in [0.05, 0.1) is 6.61 Å². The summed E-state index contributed by atoms with van der Waals surface area (Å²) in [6.45, 7) is 12.1. The molecule has 3 heteroatoms. The molecule has 1 aromatic carbocycles. The Bertz CT molecular complexity index is 419. The lowest BCUT2D eigenvalue weighted by Gasteiger charge is -2.37. The van der Waals surface area contributed by atoms with Crippen LogP contribution in [0.15, 0.2) is 24.3 Å². The van der Waals surface area contributed by atoms with Crippen LogP contribution in [0, 0.1) is 12.8 Å². The second-order valence-electron chi connectivity index (χ2n) is 6.54. The van der Waals surface area contributed by atoms with Gasteiger partial charge in [-0.25, -0.2) is 0 Å². The second kappa shape index (κ2) is 8.40. The quantitative estimate of drug-likeness (QED) is 0.781. The molecule has 1 aliphatic heterocycles. The summed E-state index contributed by atoms with van der Waals surface area (Å²) in [7, 11) is 0. The predicted molar refractivity (Wildman–Crippen MR) is 89.0 cm³/mol. The van der Waals surface area contributed by atoms with E-state index < -0.39 is 0 Å². The molecule has 21 heavy (non-hydrogen) atoms. The summed E-state index contributed by atoms with van der Waals surface area (Å²) in [5.74, 6) is 1.76. The topological polar surface area (TPSA) is 24.5 Å². The van der Waals surface area contributed by atoms with Crippen LogP contribution in [-0.4, -0.2) is 43.7 Å². The summed E-state index contributed by atoms with van der Waals surface area (Å²) in [6, 6.07) is 8.99. The number of nitrogens with zero attached hydrogens (tertiary/aromatic N) is 1. The Hall–Kier alpha value is -1.06. The van der Waals surface area contributed by atoms with Crippen LogP contribution >= 0.6 is 0 Å². The molecule has 118 valence electrons. The Morgan fingerprint density at radius 3 is 3.00 bits per heavy atom. The summed E-state index contributed by atoms with van der Waals surface area (Å²) in [4.78, 5) is 2.64. The monoisotopic (exact) mass is 290 g/mol. The lowest BCUT2D eigenvalue weighted by molar-refractivity contribution is 0.132. The van der Waals surface area contributed by atoms with Gasteiger partial charge in [-0.1, -0.05) is 26.0 Å². The zero-order valence-electron chi connectivity index (χ0n) is 13.8. The molecule has 0 radical (unpaired) electrons. The normalized spacial score (nSPS) is 19.9. The van der Waals surface area contributed by atoms with Gasteiger partial charge in [0, 0.05) is 32.2 Å². The van der Waals surface area contributed by atoms with Crippen LogP contribution in [0.1, 0.15) is 32.3 Å². The van der Waals surface area contributed by atoms with Gasteiger partial charge in [0.25, 0.3) is 0 Å². The van der Waals surface area contributed by atoms with Crippen molar-refractivity contribution < 1.29 is 4.74 Å². The van der Waals surface area contributed by atoms with Gasteiger partial charge in [0.1, 0.15) is 5.75 Å². The fraction of sp³-hybridized carbons (Fsp3) is 0.667. The smallest absolute Gasteiger partial charge is 0.119 e. The van der Waals surface area contributed by atoms with Crippen molar-refractivity contribution in [1.29, 1.82) is 0 Å². The molecule has 1 aliphatic rings. The van der Waals surface area contributed by atoms with E-state index in [-0.39, 0.29) is 0 Å². The zero-order chi connectivity index (χ0) is 15.1. The lowest BCUT2D eigenvalue weighted by Crippen LogP contribution is -2.52. The van der Waals surface area contributed by atoms with Crippen molar-refractivity contribution >= 4 is 0 Å². The minimum absolute atomic E-state index is 0.692. The number of ether oxygens (including phenoxy) is 1. The summed E-state index contributed by atoms with van der Waals surface area (Å²) >= 11 is 0. The third-order valence-electron chi connectivity index (χ3n) is 4.06. The largest absolute Gasteiger partial charge is 0.494 e. The first-order valence-corrected chi connectivity index (χ1v) is 8.29. The fourth-order valence-corrected chi connectivity index (χ4v) is 3.04. The van der Waals surface area contributed by atoms with E-state index in [1.54, 1.807) is 0 Å². The van der Waals surface area contributed by atoms with E-state index in [0.717, 1.165) is 44.3 Å². The van der Waals surface area contributed by atoms with Crippen molar-refractivity contribution in [3.8, 4) is 5.75 Å². The molecule has 0 amide bonds. The van der Waals surface area contributed by atoms with Crippen LogP contribution in [0.4, 0.5) is 0 Å². The molecular formula is C18H30N2O. The number of rotatable bonds is 7. The van der Waals surface area contributed by atoms with Gasteiger partial charge in [0.2, 0.25) is 0 Å². The molecule has 0 aliphatic carbocycles. The predicted octanol–water partition coefficient (Wildman–Crippen LogP) is 3.08. The summed E-state index contributed by atoms with van der Waals surface area (Å²) in [5, 5.41) is 3.52. The molecular weight excluding hydrogens is 260 g/mol. The summed E-state index contributed by atoms with van der Waals surface area (Å²) < 4.78 is 5.85. The van der Waals surface area contributed by atoms with Crippen LogP contribution < -0.4 is 10.1 Å². The highest BCUT2D eigenvalue weighted by Gasteiger charge is 2.22. The lowest BCUT2D eigenvalue weighted by atomic mass is 10.0. The molecule has 1 heterocycles. The van der Waals surface area contributed by atoms with Crippen LogP contribution in [0.3, 0.4) is 0 Å². The fourth-order valence-electron chi connectivity index (χ4n) is 3.04. The average molecular weight is 290 g/mol. The number of piperazine rings is 1. The molecule has 0 bridgehead atoms. The number of aryl methyl sites for hydroxylation is 1. The van der Waals surface area contributed by atoms with Gasteiger partial charge < -0.3 is 10.1 Å². The Labute approximate surface area is 129 Å². The Morgan fingerprint density at radius 2 is 2.24 bits per heavy atom. The highest BCUT2D eigenvalue weighted by Crippen LogP contribution is 2.15. The van der Waals surface area contributed by atoms with Crippen molar-refractivity contribution in [2.24, 2.45) is 5.92 Å². The first-order valence-electron chi connectivity index (χ1n) is 8.29. The zero-order valence-corrected chi connectivity index (χ0v) is 13.8. The first-order chi connectivity index (χ1) is 10.1. The number of hydrogen-bond acceptors (Lipinski definition) is 3. The average Bonchev–Trinajstić information content (AvgIpc) is 2.45. The van der Waals surface area contributed by atoms with Crippen LogP contribution in [0.5, 0.6) is 5.75 Å². The third-order valence-corrected chi connectivity index (χ3v) is 4.06. The van der Waals surface area contributed by atoms with Crippen molar-refractivity contribution in [3.63, 3.8) is 0 Å². The molecule has 1 saturated heterocycles. The Balaban J connectivity index is 1.71. The molecule has 1 N–H and O–H groups in total. The summed E-state index contributed by atoms with van der Waals surface area (Å²) in [6.07, 6.45) is 2.38. The van der Waals surface area contributed by atoms with Gasteiger partial charge in [-0.05, 0) is 43.4 Å². The van der Waals surface area contributed by atoms with Crippen LogP contribution in [-0.2, 0) is 0 Å². The second-order valence-corrected chi connectivity index (χ2v) is 6.54.